The Balaban J connectivity index is 1.45. The maximum absolute atomic E-state index is 13.1. The number of carbonyl (C=O) groups is 2. The van der Waals surface area contributed by atoms with Gasteiger partial charge in [0.2, 0.25) is 5.91 Å². The number of hydrogen-bond donors (Lipinski definition) is 1. The number of benzene rings is 1. The van der Waals surface area contributed by atoms with Gasteiger partial charge < -0.3 is 19.8 Å². The lowest BCUT2D eigenvalue weighted by molar-refractivity contribution is -0.141. The molecule has 1 aromatic carbocycles. The number of likely N-dealkylation sites (N-methyl/N-ethyl adjacent to an activating group) is 1. The number of aliphatic hydroxyl groups excluding tert-OH is 1. The standard InChI is InChI=1S/C22H31N3O3/c1-23(11-12-26)19-8-5-17(6-9-19)21(27)24-14-18-7-10-20(15-24)25(22(18)28)13-16-3-2-4-16/h5-6,8-9,16,18,20,26H,2-4,7,10-15H2,1H3/t18-,20+/m0/s1. The van der Waals surface area contributed by atoms with E-state index >= 15 is 0 Å². The van der Waals surface area contributed by atoms with Crippen molar-refractivity contribution in [2.24, 2.45) is 11.8 Å². The molecule has 0 spiro atoms. The quantitative estimate of drug-likeness (QED) is 0.813. The van der Waals surface area contributed by atoms with E-state index in [0.717, 1.165) is 25.1 Å². The fraction of sp³-hybridized carbons (Fsp3) is 0.636. The third kappa shape index (κ3) is 3.75. The van der Waals surface area contributed by atoms with Gasteiger partial charge in [0.25, 0.3) is 5.91 Å². The van der Waals surface area contributed by atoms with Gasteiger partial charge in [0.1, 0.15) is 0 Å². The Kier molecular flexibility index (Phi) is 5.58. The van der Waals surface area contributed by atoms with Crippen LogP contribution in [0.3, 0.4) is 0 Å². The molecule has 5 rings (SSSR count). The molecule has 3 saturated heterocycles. The van der Waals surface area contributed by atoms with Crippen LogP contribution in [0.25, 0.3) is 0 Å². The first-order chi connectivity index (χ1) is 13.6. The van der Waals surface area contributed by atoms with Gasteiger partial charge in [-0.3, -0.25) is 9.59 Å². The predicted octanol–water partition coefficient (Wildman–Crippen LogP) is 1.98. The largest absolute Gasteiger partial charge is 0.395 e. The molecule has 6 nitrogen and oxygen atoms in total. The van der Waals surface area contributed by atoms with Crippen molar-refractivity contribution >= 4 is 17.5 Å². The highest BCUT2D eigenvalue weighted by Gasteiger charge is 2.42. The molecule has 2 bridgehead atoms. The van der Waals surface area contributed by atoms with Gasteiger partial charge in [-0.05, 0) is 55.9 Å². The third-order valence-electron chi connectivity index (χ3n) is 6.75. The Morgan fingerprint density at radius 3 is 2.54 bits per heavy atom. The van der Waals surface area contributed by atoms with E-state index in [2.05, 4.69) is 4.90 Å². The van der Waals surface area contributed by atoms with Crippen LogP contribution in [0.1, 0.15) is 42.5 Å². The van der Waals surface area contributed by atoms with E-state index in [0.29, 0.717) is 31.1 Å². The summed E-state index contributed by atoms with van der Waals surface area (Å²) in [5.41, 5.74) is 1.64. The van der Waals surface area contributed by atoms with Crippen LogP contribution in [0.2, 0.25) is 0 Å². The summed E-state index contributed by atoms with van der Waals surface area (Å²) in [5, 5.41) is 9.08. The monoisotopic (exact) mass is 385 g/mol. The lowest BCUT2D eigenvalue weighted by Crippen LogP contribution is -2.50. The van der Waals surface area contributed by atoms with Crippen LogP contribution >= 0.6 is 0 Å². The summed E-state index contributed by atoms with van der Waals surface area (Å²) in [6, 6.07) is 7.72. The molecule has 28 heavy (non-hydrogen) atoms. The second-order valence-electron chi connectivity index (χ2n) is 8.62. The number of amides is 2. The van der Waals surface area contributed by atoms with Gasteiger partial charge >= 0.3 is 0 Å². The van der Waals surface area contributed by atoms with Crippen molar-refractivity contribution in [1.82, 2.24) is 9.80 Å². The summed E-state index contributed by atoms with van der Waals surface area (Å²) < 4.78 is 0. The Bertz CT molecular complexity index is 716. The molecule has 1 aliphatic carbocycles. The van der Waals surface area contributed by atoms with Crippen molar-refractivity contribution in [3.63, 3.8) is 0 Å². The molecular weight excluding hydrogens is 354 g/mol. The average Bonchev–Trinajstić information content (AvgIpc) is 2.96. The molecule has 4 fully saturated rings. The van der Waals surface area contributed by atoms with Crippen molar-refractivity contribution in [2.45, 2.75) is 38.1 Å². The van der Waals surface area contributed by atoms with E-state index in [1.165, 1.54) is 19.3 Å². The smallest absolute Gasteiger partial charge is 0.253 e. The highest BCUT2D eigenvalue weighted by Crippen LogP contribution is 2.34. The Hall–Kier alpha value is -2.08. The minimum Gasteiger partial charge on any atom is -0.395 e. The van der Waals surface area contributed by atoms with Crippen molar-refractivity contribution < 1.29 is 14.7 Å². The highest BCUT2D eigenvalue weighted by atomic mass is 16.3. The molecule has 1 aromatic rings. The van der Waals surface area contributed by atoms with Gasteiger partial charge in [-0.1, -0.05) is 6.42 Å². The molecule has 0 radical (unpaired) electrons. The maximum Gasteiger partial charge on any atom is 0.253 e. The van der Waals surface area contributed by atoms with E-state index in [9.17, 15) is 9.59 Å². The minimum atomic E-state index is -0.0438. The summed E-state index contributed by atoms with van der Waals surface area (Å²) in [6.07, 6.45) is 5.67. The van der Waals surface area contributed by atoms with E-state index < -0.39 is 0 Å². The fourth-order valence-electron chi connectivity index (χ4n) is 4.72. The Morgan fingerprint density at radius 2 is 1.89 bits per heavy atom. The van der Waals surface area contributed by atoms with Gasteiger partial charge in [0.15, 0.2) is 0 Å². The molecule has 0 aromatic heterocycles. The maximum atomic E-state index is 13.1. The molecule has 2 amide bonds. The molecule has 1 N–H and O–H groups in total. The van der Waals surface area contributed by atoms with Crippen molar-refractivity contribution in [3.8, 4) is 0 Å². The summed E-state index contributed by atoms with van der Waals surface area (Å²) in [4.78, 5) is 32.0. The topological polar surface area (TPSA) is 64.1 Å². The number of fused-ring (bicyclic) bond motifs is 4. The lowest BCUT2D eigenvalue weighted by atomic mass is 9.83. The summed E-state index contributed by atoms with van der Waals surface area (Å²) >= 11 is 0. The first-order valence-electron chi connectivity index (χ1n) is 10.6. The zero-order valence-corrected chi connectivity index (χ0v) is 16.7. The van der Waals surface area contributed by atoms with Crippen LogP contribution < -0.4 is 4.90 Å². The molecule has 4 aliphatic rings. The van der Waals surface area contributed by atoms with Crippen LogP contribution in [0, 0.1) is 11.8 Å². The van der Waals surface area contributed by atoms with Crippen LogP contribution in [0.5, 0.6) is 0 Å². The van der Waals surface area contributed by atoms with Crippen molar-refractivity contribution in [2.75, 3.05) is 44.7 Å². The molecule has 3 heterocycles. The Labute approximate surface area is 167 Å². The van der Waals surface area contributed by atoms with E-state index in [4.69, 9.17) is 5.11 Å². The SMILES string of the molecule is CN(CCO)c1ccc(C(=O)N2C[C@@H]3CC[C@H](C2)N(CC2CCC2)C3=O)cc1. The first kappa shape index (κ1) is 19.2. The molecule has 3 aliphatic heterocycles. The van der Waals surface area contributed by atoms with E-state index in [1.807, 2.05) is 41.1 Å². The van der Waals surface area contributed by atoms with E-state index in [1.54, 1.807) is 0 Å². The predicted molar refractivity (Wildman–Crippen MR) is 108 cm³/mol. The molecule has 1 saturated carbocycles. The van der Waals surface area contributed by atoms with Gasteiger partial charge in [-0.15, -0.1) is 0 Å². The minimum absolute atomic E-state index is 0.0200. The van der Waals surface area contributed by atoms with Gasteiger partial charge in [-0.2, -0.15) is 0 Å². The van der Waals surface area contributed by atoms with Crippen LogP contribution in [-0.4, -0.2) is 72.6 Å². The zero-order valence-electron chi connectivity index (χ0n) is 16.7. The molecule has 6 heteroatoms. The molecule has 152 valence electrons. The molecule has 2 atom stereocenters. The van der Waals surface area contributed by atoms with Gasteiger partial charge in [-0.25, -0.2) is 0 Å². The number of carbonyl (C=O) groups excluding carboxylic acids is 2. The number of aliphatic hydroxyl groups is 1. The normalized spacial score (nSPS) is 24.9. The van der Waals surface area contributed by atoms with E-state index in [-0.39, 0.29) is 30.4 Å². The number of nitrogens with zero attached hydrogens (tertiary/aromatic N) is 3. The summed E-state index contributed by atoms with van der Waals surface area (Å²) in [5.74, 6) is 0.902. The number of anilines is 1. The Morgan fingerprint density at radius 1 is 1.14 bits per heavy atom. The number of hydrogen-bond acceptors (Lipinski definition) is 4. The summed E-state index contributed by atoms with van der Waals surface area (Å²) in [7, 11) is 1.92. The van der Waals surface area contributed by atoms with Gasteiger partial charge in [0, 0.05) is 50.5 Å². The van der Waals surface area contributed by atoms with Crippen LogP contribution in [0.15, 0.2) is 24.3 Å². The average molecular weight is 386 g/mol. The fourth-order valence-corrected chi connectivity index (χ4v) is 4.72. The first-order valence-corrected chi connectivity index (χ1v) is 10.6. The van der Waals surface area contributed by atoms with Gasteiger partial charge in [0.05, 0.1) is 12.5 Å². The highest BCUT2D eigenvalue weighted by molar-refractivity contribution is 5.95. The van der Waals surface area contributed by atoms with Crippen LogP contribution in [0.4, 0.5) is 5.69 Å². The zero-order chi connectivity index (χ0) is 19.7. The second-order valence-corrected chi connectivity index (χ2v) is 8.62. The van der Waals surface area contributed by atoms with Crippen molar-refractivity contribution in [1.29, 1.82) is 0 Å². The summed E-state index contributed by atoms with van der Waals surface area (Å²) in [6.45, 7) is 2.73. The number of piperidine rings is 1. The van der Waals surface area contributed by atoms with Crippen LogP contribution in [-0.2, 0) is 4.79 Å². The second kappa shape index (κ2) is 8.11. The molecular formula is C22H31N3O3. The third-order valence-corrected chi connectivity index (χ3v) is 6.75. The van der Waals surface area contributed by atoms with Crippen molar-refractivity contribution in [3.05, 3.63) is 29.8 Å². The number of rotatable bonds is 6. The lowest BCUT2D eigenvalue weighted by Gasteiger charge is -2.40. The molecule has 0 unspecified atom stereocenters.